The molecule has 0 spiro atoms. The summed E-state index contributed by atoms with van der Waals surface area (Å²) in [5, 5.41) is 0. The van der Waals surface area contributed by atoms with Crippen molar-refractivity contribution in [2.45, 2.75) is 27.7 Å². The van der Waals surface area contributed by atoms with Crippen molar-refractivity contribution in [1.29, 1.82) is 0 Å². The van der Waals surface area contributed by atoms with Crippen LogP contribution in [0.4, 0.5) is 0 Å². The van der Waals surface area contributed by atoms with Crippen molar-refractivity contribution in [3.63, 3.8) is 0 Å². The zero-order valence-corrected chi connectivity index (χ0v) is 7.47. The minimum atomic E-state index is -0.0727. The van der Waals surface area contributed by atoms with E-state index in [2.05, 4.69) is 0 Å². The molecule has 0 rings (SSSR count). The van der Waals surface area contributed by atoms with Crippen LogP contribution < -0.4 is 0 Å². The first-order valence-electron chi connectivity index (χ1n) is 3.68. The Kier molecular flexibility index (Phi) is 3.72. The molecule has 2 heteroatoms. The lowest BCUT2D eigenvalue weighted by Crippen LogP contribution is -2.08. The fourth-order valence-electron chi connectivity index (χ4n) is 0.831. The fourth-order valence-corrected chi connectivity index (χ4v) is 0.831. The van der Waals surface area contributed by atoms with Crippen molar-refractivity contribution < 1.29 is 9.59 Å². The molecule has 0 saturated carbocycles. The number of hydrogen-bond acceptors (Lipinski definition) is 2. The fraction of sp³-hybridized carbons (Fsp3) is 0.556. The molecule has 0 radical (unpaired) electrons. The van der Waals surface area contributed by atoms with Crippen LogP contribution in [0, 0.1) is 5.92 Å². The molecule has 0 aromatic rings. The van der Waals surface area contributed by atoms with E-state index in [0.717, 1.165) is 0 Å². The van der Waals surface area contributed by atoms with E-state index >= 15 is 0 Å². The topological polar surface area (TPSA) is 34.1 Å². The molecule has 0 aliphatic carbocycles. The Labute approximate surface area is 67.3 Å². The molecule has 0 aliphatic rings. The SMILES string of the molecule is CC(=O)/C=C(\C)C(=O)C(C)C. The minimum absolute atomic E-state index is 0.0226. The van der Waals surface area contributed by atoms with Crippen LogP contribution in [0.25, 0.3) is 0 Å². The van der Waals surface area contributed by atoms with Crippen molar-refractivity contribution in [3.05, 3.63) is 11.6 Å². The Hall–Kier alpha value is -0.920. The van der Waals surface area contributed by atoms with Crippen molar-refractivity contribution in [2.75, 3.05) is 0 Å². The lowest BCUT2D eigenvalue weighted by atomic mass is 10.0. The van der Waals surface area contributed by atoms with Gasteiger partial charge < -0.3 is 0 Å². The van der Waals surface area contributed by atoms with Gasteiger partial charge in [-0.05, 0) is 25.5 Å². The Balaban J connectivity index is 4.36. The molecule has 0 aromatic carbocycles. The van der Waals surface area contributed by atoms with Crippen molar-refractivity contribution in [1.82, 2.24) is 0 Å². The summed E-state index contributed by atoms with van der Waals surface area (Å²) in [6.45, 7) is 6.75. The van der Waals surface area contributed by atoms with Gasteiger partial charge in [-0.25, -0.2) is 0 Å². The number of carbonyl (C=O) groups is 2. The zero-order valence-electron chi connectivity index (χ0n) is 7.47. The lowest BCUT2D eigenvalue weighted by molar-refractivity contribution is -0.119. The third kappa shape index (κ3) is 3.71. The van der Waals surface area contributed by atoms with E-state index in [1.54, 1.807) is 6.92 Å². The molecule has 2 nitrogen and oxygen atoms in total. The standard InChI is InChI=1S/C9H14O2/c1-6(2)9(11)7(3)5-8(4)10/h5-6H,1-4H3/b7-5+. The van der Waals surface area contributed by atoms with E-state index in [-0.39, 0.29) is 17.5 Å². The van der Waals surface area contributed by atoms with Gasteiger partial charge in [0.25, 0.3) is 0 Å². The van der Waals surface area contributed by atoms with Gasteiger partial charge in [0.1, 0.15) is 0 Å². The summed E-state index contributed by atoms with van der Waals surface area (Å²) >= 11 is 0. The van der Waals surface area contributed by atoms with E-state index in [1.165, 1.54) is 13.0 Å². The summed E-state index contributed by atoms with van der Waals surface area (Å²) in [6, 6.07) is 0. The molecule has 0 bridgehead atoms. The number of hydrogen-bond donors (Lipinski definition) is 0. The molecule has 0 amide bonds. The molecular weight excluding hydrogens is 140 g/mol. The summed E-state index contributed by atoms with van der Waals surface area (Å²) < 4.78 is 0. The van der Waals surface area contributed by atoms with E-state index in [0.29, 0.717) is 5.57 Å². The first kappa shape index (κ1) is 10.1. The first-order chi connectivity index (χ1) is 4.95. The van der Waals surface area contributed by atoms with Gasteiger partial charge in [0.15, 0.2) is 11.6 Å². The third-order valence-corrected chi connectivity index (χ3v) is 1.33. The summed E-state index contributed by atoms with van der Waals surface area (Å²) in [6.07, 6.45) is 1.38. The summed E-state index contributed by atoms with van der Waals surface area (Å²) in [5.41, 5.74) is 0.549. The van der Waals surface area contributed by atoms with Gasteiger partial charge in [0.2, 0.25) is 0 Å². The molecule has 11 heavy (non-hydrogen) atoms. The van der Waals surface area contributed by atoms with Gasteiger partial charge in [-0.1, -0.05) is 13.8 Å². The molecule has 0 aromatic heterocycles. The highest BCUT2D eigenvalue weighted by atomic mass is 16.1. The Morgan fingerprint density at radius 3 is 1.91 bits per heavy atom. The number of allylic oxidation sites excluding steroid dienone is 2. The van der Waals surface area contributed by atoms with Crippen LogP contribution >= 0.6 is 0 Å². The van der Waals surface area contributed by atoms with Crippen LogP contribution in [-0.2, 0) is 9.59 Å². The second kappa shape index (κ2) is 4.06. The van der Waals surface area contributed by atoms with Crippen LogP contribution in [0.5, 0.6) is 0 Å². The molecular formula is C9H14O2. The minimum Gasteiger partial charge on any atom is -0.295 e. The highest BCUT2D eigenvalue weighted by Gasteiger charge is 2.08. The smallest absolute Gasteiger partial charge is 0.161 e. The molecule has 0 atom stereocenters. The van der Waals surface area contributed by atoms with Gasteiger partial charge in [-0.3, -0.25) is 9.59 Å². The van der Waals surface area contributed by atoms with Crippen LogP contribution in [0.3, 0.4) is 0 Å². The van der Waals surface area contributed by atoms with Crippen LogP contribution in [0.1, 0.15) is 27.7 Å². The summed E-state index contributed by atoms with van der Waals surface area (Å²) in [5.74, 6) is -0.0534. The predicted octanol–water partition coefficient (Wildman–Crippen LogP) is 1.75. The Morgan fingerprint density at radius 2 is 1.64 bits per heavy atom. The molecule has 0 heterocycles. The molecule has 0 saturated heterocycles. The van der Waals surface area contributed by atoms with Gasteiger partial charge in [0, 0.05) is 5.92 Å². The van der Waals surface area contributed by atoms with E-state index in [9.17, 15) is 9.59 Å². The zero-order chi connectivity index (χ0) is 9.02. The van der Waals surface area contributed by atoms with Crippen molar-refractivity contribution in [2.24, 2.45) is 5.92 Å². The first-order valence-corrected chi connectivity index (χ1v) is 3.68. The molecule has 0 aliphatic heterocycles. The van der Waals surface area contributed by atoms with Crippen LogP contribution in [0.15, 0.2) is 11.6 Å². The Bertz CT molecular complexity index is 200. The summed E-state index contributed by atoms with van der Waals surface area (Å²) in [4.78, 5) is 21.7. The second-order valence-electron chi connectivity index (χ2n) is 2.96. The van der Waals surface area contributed by atoms with E-state index in [1.807, 2.05) is 13.8 Å². The maximum atomic E-state index is 11.2. The van der Waals surface area contributed by atoms with Gasteiger partial charge in [0.05, 0.1) is 0 Å². The highest BCUT2D eigenvalue weighted by Crippen LogP contribution is 2.04. The maximum Gasteiger partial charge on any atom is 0.161 e. The predicted molar refractivity (Wildman–Crippen MR) is 44.3 cm³/mol. The second-order valence-corrected chi connectivity index (χ2v) is 2.96. The molecule has 0 fully saturated rings. The van der Waals surface area contributed by atoms with E-state index < -0.39 is 0 Å². The average molecular weight is 154 g/mol. The molecule has 0 unspecified atom stereocenters. The quantitative estimate of drug-likeness (QED) is 0.580. The third-order valence-electron chi connectivity index (χ3n) is 1.33. The number of ketones is 2. The summed E-state index contributed by atoms with van der Waals surface area (Å²) in [7, 11) is 0. The number of rotatable bonds is 3. The van der Waals surface area contributed by atoms with Crippen molar-refractivity contribution >= 4 is 11.6 Å². The maximum absolute atomic E-state index is 11.2. The van der Waals surface area contributed by atoms with Gasteiger partial charge >= 0.3 is 0 Å². The Morgan fingerprint density at radius 1 is 1.18 bits per heavy atom. The normalized spacial score (nSPS) is 11.9. The van der Waals surface area contributed by atoms with Crippen LogP contribution in [0.2, 0.25) is 0 Å². The highest BCUT2D eigenvalue weighted by molar-refractivity contribution is 6.02. The lowest BCUT2D eigenvalue weighted by Gasteiger charge is -2.01. The van der Waals surface area contributed by atoms with Crippen LogP contribution in [-0.4, -0.2) is 11.6 Å². The van der Waals surface area contributed by atoms with Gasteiger partial charge in [-0.15, -0.1) is 0 Å². The molecule has 0 N–H and O–H groups in total. The van der Waals surface area contributed by atoms with Gasteiger partial charge in [-0.2, -0.15) is 0 Å². The van der Waals surface area contributed by atoms with Crippen molar-refractivity contribution in [3.8, 4) is 0 Å². The number of Topliss-reactive ketones (excluding diaryl/α,β-unsaturated/α-hetero) is 1. The molecule has 62 valence electrons. The largest absolute Gasteiger partial charge is 0.295 e. The average Bonchev–Trinajstić information content (AvgIpc) is 1.84. The van der Waals surface area contributed by atoms with E-state index in [4.69, 9.17) is 0 Å². The number of carbonyl (C=O) groups excluding carboxylic acids is 2. The monoisotopic (exact) mass is 154 g/mol.